The number of nitrogens with zero attached hydrogens (tertiary/aromatic N) is 2. The van der Waals surface area contributed by atoms with Gasteiger partial charge in [-0.2, -0.15) is 0 Å². The van der Waals surface area contributed by atoms with Crippen molar-refractivity contribution in [1.82, 2.24) is 10.2 Å². The van der Waals surface area contributed by atoms with Gasteiger partial charge in [-0.05, 0) is 69.7 Å². The van der Waals surface area contributed by atoms with Crippen LogP contribution in [0.4, 0.5) is 5.69 Å². The summed E-state index contributed by atoms with van der Waals surface area (Å²) in [6, 6.07) is 14.3. The molecule has 1 N–H and O–H groups in total. The summed E-state index contributed by atoms with van der Waals surface area (Å²) in [5, 5.41) is 3.76. The van der Waals surface area contributed by atoms with Gasteiger partial charge in [-0.15, -0.1) is 0 Å². The fraction of sp³-hybridized carbons (Fsp3) is 0.310. The molecule has 2 amide bonds. The van der Waals surface area contributed by atoms with E-state index < -0.39 is 34.4 Å². The van der Waals surface area contributed by atoms with Gasteiger partial charge in [0.15, 0.2) is 0 Å². The Bertz CT molecular complexity index is 1500. The van der Waals surface area contributed by atoms with Gasteiger partial charge in [-0.3, -0.25) is 13.9 Å². The molecule has 0 radical (unpaired) electrons. The second-order valence-electron chi connectivity index (χ2n) is 9.64. The highest BCUT2D eigenvalue weighted by Gasteiger charge is 2.34. The smallest absolute Gasteiger partial charge is 0.264 e. The quantitative estimate of drug-likeness (QED) is 0.237. The molecule has 0 saturated carbocycles. The number of aryl methyl sites for hydroxylation is 1. The Balaban J connectivity index is 2.11. The first-order valence-corrected chi connectivity index (χ1v) is 15.8. The fourth-order valence-electron chi connectivity index (χ4n) is 3.93. The van der Waals surface area contributed by atoms with Crippen molar-refractivity contribution in [2.24, 2.45) is 0 Å². The Labute approximate surface area is 261 Å². The minimum Gasteiger partial charge on any atom is -0.352 e. The van der Waals surface area contributed by atoms with Crippen molar-refractivity contribution < 1.29 is 18.0 Å². The third-order valence-corrected chi connectivity index (χ3v) is 9.66. The molecule has 12 heteroatoms. The lowest BCUT2D eigenvalue weighted by Crippen LogP contribution is -2.52. The van der Waals surface area contributed by atoms with Gasteiger partial charge in [0.05, 0.1) is 15.6 Å². The predicted molar refractivity (Wildman–Crippen MR) is 167 cm³/mol. The highest BCUT2D eigenvalue weighted by molar-refractivity contribution is 7.92. The summed E-state index contributed by atoms with van der Waals surface area (Å²) in [6.45, 7) is 6.33. The van der Waals surface area contributed by atoms with Gasteiger partial charge in [0.25, 0.3) is 10.0 Å². The van der Waals surface area contributed by atoms with E-state index in [1.165, 1.54) is 35.2 Å². The van der Waals surface area contributed by atoms with Crippen molar-refractivity contribution in [3.8, 4) is 0 Å². The maximum atomic E-state index is 14.1. The molecule has 0 aliphatic rings. The zero-order valence-corrected chi connectivity index (χ0v) is 26.8. The monoisotopic (exact) mass is 657 g/mol. The van der Waals surface area contributed by atoms with Crippen molar-refractivity contribution >= 4 is 73.9 Å². The van der Waals surface area contributed by atoms with Crippen molar-refractivity contribution in [2.45, 2.75) is 57.6 Å². The molecule has 3 rings (SSSR count). The van der Waals surface area contributed by atoms with Crippen molar-refractivity contribution in [1.29, 1.82) is 0 Å². The second-order valence-corrected chi connectivity index (χ2v) is 13.2. The van der Waals surface area contributed by atoms with Gasteiger partial charge in [0.1, 0.15) is 12.6 Å². The number of halogens is 4. The Morgan fingerprint density at radius 2 is 1.51 bits per heavy atom. The Morgan fingerprint density at radius 3 is 2.10 bits per heavy atom. The van der Waals surface area contributed by atoms with Crippen LogP contribution in [0.15, 0.2) is 65.6 Å². The molecule has 3 aromatic rings. The summed E-state index contributed by atoms with van der Waals surface area (Å²) in [6.07, 6.45) is 0.679. The second kappa shape index (κ2) is 14.1. The highest BCUT2D eigenvalue weighted by atomic mass is 35.5. The molecule has 0 unspecified atom stereocenters. The summed E-state index contributed by atoms with van der Waals surface area (Å²) in [4.78, 5) is 28.4. The van der Waals surface area contributed by atoms with E-state index in [4.69, 9.17) is 46.4 Å². The van der Waals surface area contributed by atoms with Crippen molar-refractivity contribution in [3.63, 3.8) is 0 Å². The van der Waals surface area contributed by atoms with Gasteiger partial charge in [-0.1, -0.05) is 77.1 Å². The van der Waals surface area contributed by atoms with Crippen molar-refractivity contribution in [3.05, 3.63) is 91.9 Å². The van der Waals surface area contributed by atoms with Crippen LogP contribution in [0.5, 0.6) is 0 Å². The number of carbonyl (C=O) groups excluding carboxylic acids is 2. The average Bonchev–Trinajstić information content (AvgIpc) is 2.92. The molecule has 2 atom stereocenters. The Morgan fingerprint density at radius 1 is 0.902 bits per heavy atom. The number of anilines is 1. The zero-order valence-electron chi connectivity index (χ0n) is 23.0. The van der Waals surface area contributed by atoms with Gasteiger partial charge in [0.2, 0.25) is 11.8 Å². The molecular weight excluding hydrogens is 628 g/mol. The number of sulfonamides is 1. The zero-order chi connectivity index (χ0) is 30.5. The van der Waals surface area contributed by atoms with Crippen LogP contribution in [0, 0.1) is 6.92 Å². The minimum absolute atomic E-state index is 0.0144. The van der Waals surface area contributed by atoms with Crippen LogP contribution >= 0.6 is 46.4 Å². The lowest BCUT2D eigenvalue weighted by molar-refractivity contribution is -0.139. The molecule has 3 aromatic carbocycles. The number of rotatable bonds is 11. The lowest BCUT2D eigenvalue weighted by atomic mass is 10.1. The van der Waals surface area contributed by atoms with Gasteiger partial charge < -0.3 is 10.2 Å². The molecular formula is C29H31Cl4N3O4S. The normalized spacial score (nSPS) is 12.9. The fourth-order valence-corrected chi connectivity index (χ4v) is 6.31. The molecule has 7 nitrogen and oxygen atoms in total. The lowest BCUT2D eigenvalue weighted by Gasteiger charge is -2.33. The molecule has 0 bridgehead atoms. The molecule has 220 valence electrons. The first-order chi connectivity index (χ1) is 19.3. The third-order valence-electron chi connectivity index (χ3n) is 6.62. The standard InChI is InChI=1S/C29H31Cl4N3O4S/c1-5-19(3)34-29(38)20(4)35(16-23-24(31)7-6-8-25(23)32)28(37)17-36(27-15-21(30)11-14-26(27)33)41(39,40)22-12-9-18(2)10-13-22/h6-15,19-20H,5,16-17H2,1-4H3,(H,34,38)/t19-,20+/m0/s1. The number of benzene rings is 3. The van der Waals surface area contributed by atoms with Crippen LogP contribution < -0.4 is 9.62 Å². The first-order valence-electron chi connectivity index (χ1n) is 12.8. The van der Waals surface area contributed by atoms with E-state index in [1.54, 1.807) is 37.3 Å². The van der Waals surface area contributed by atoms with Gasteiger partial charge >= 0.3 is 0 Å². The number of hydrogen-bond donors (Lipinski definition) is 1. The predicted octanol–water partition coefficient (Wildman–Crippen LogP) is 7.14. The van der Waals surface area contributed by atoms with Crippen molar-refractivity contribution in [2.75, 3.05) is 10.8 Å². The Hall–Kier alpha value is -2.49. The molecule has 0 aliphatic carbocycles. The molecule has 0 spiro atoms. The van der Waals surface area contributed by atoms with E-state index in [0.717, 1.165) is 9.87 Å². The van der Waals surface area contributed by atoms with Crippen LogP contribution in [0.3, 0.4) is 0 Å². The topological polar surface area (TPSA) is 86.8 Å². The van der Waals surface area contributed by atoms with Gasteiger partial charge in [-0.25, -0.2) is 8.42 Å². The molecule has 0 fully saturated rings. The Kier molecular flexibility index (Phi) is 11.4. The molecule has 0 saturated heterocycles. The van der Waals surface area contributed by atoms with Crippen LogP contribution in [-0.2, 0) is 26.2 Å². The first kappa shape index (κ1) is 33.0. The summed E-state index contributed by atoms with van der Waals surface area (Å²) in [5.41, 5.74) is 1.29. The summed E-state index contributed by atoms with van der Waals surface area (Å²) < 4.78 is 28.8. The largest absolute Gasteiger partial charge is 0.352 e. The summed E-state index contributed by atoms with van der Waals surface area (Å²) in [5.74, 6) is -1.09. The van der Waals surface area contributed by atoms with E-state index in [9.17, 15) is 18.0 Å². The van der Waals surface area contributed by atoms with E-state index in [-0.39, 0.29) is 33.2 Å². The van der Waals surface area contributed by atoms with E-state index >= 15 is 0 Å². The van der Waals surface area contributed by atoms with E-state index in [1.807, 2.05) is 20.8 Å². The average molecular weight is 659 g/mol. The number of carbonyl (C=O) groups is 2. The summed E-state index contributed by atoms with van der Waals surface area (Å²) >= 11 is 25.5. The third kappa shape index (κ3) is 8.08. The minimum atomic E-state index is -4.31. The molecule has 0 heterocycles. The van der Waals surface area contributed by atoms with E-state index in [0.29, 0.717) is 22.0 Å². The SMILES string of the molecule is CC[C@H](C)NC(=O)[C@@H](C)N(Cc1c(Cl)cccc1Cl)C(=O)CN(c1cc(Cl)ccc1Cl)S(=O)(=O)c1ccc(C)cc1. The molecule has 0 aromatic heterocycles. The maximum absolute atomic E-state index is 14.1. The van der Waals surface area contributed by atoms with Crippen LogP contribution in [0.25, 0.3) is 0 Å². The molecule has 0 aliphatic heterocycles. The highest BCUT2D eigenvalue weighted by Crippen LogP contribution is 2.34. The maximum Gasteiger partial charge on any atom is 0.264 e. The van der Waals surface area contributed by atoms with E-state index in [2.05, 4.69) is 5.32 Å². The van der Waals surface area contributed by atoms with Crippen LogP contribution in [0.2, 0.25) is 20.1 Å². The molecule has 41 heavy (non-hydrogen) atoms. The van der Waals surface area contributed by atoms with Crippen LogP contribution in [-0.4, -0.2) is 43.8 Å². The summed E-state index contributed by atoms with van der Waals surface area (Å²) in [7, 11) is -4.31. The van der Waals surface area contributed by atoms with Gasteiger partial charge in [0, 0.05) is 33.2 Å². The number of amides is 2. The number of hydrogen-bond acceptors (Lipinski definition) is 4. The van der Waals surface area contributed by atoms with Crippen LogP contribution in [0.1, 0.15) is 38.3 Å². The number of nitrogens with one attached hydrogen (secondary N) is 1.